The van der Waals surface area contributed by atoms with Crippen molar-refractivity contribution in [3.05, 3.63) is 12.4 Å². The number of aromatic nitrogens is 2. The van der Waals surface area contributed by atoms with Crippen LogP contribution in [0.1, 0.15) is 53.9 Å². The van der Waals surface area contributed by atoms with Gasteiger partial charge in [-0.2, -0.15) is 0 Å². The molecule has 4 rings (SSSR count). The van der Waals surface area contributed by atoms with E-state index >= 15 is 0 Å². The van der Waals surface area contributed by atoms with Gasteiger partial charge in [-0.15, -0.1) is 0 Å². The third-order valence-corrected chi connectivity index (χ3v) is 7.87. The molecule has 0 radical (unpaired) electrons. The molecule has 6 heteroatoms. The Hall–Kier alpha value is -1.40. The second-order valence-corrected chi connectivity index (χ2v) is 10.4. The largest absolute Gasteiger partial charge is 0.366 e. The van der Waals surface area contributed by atoms with Gasteiger partial charge < -0.3 is 9.80 Å². The van der Waals surface area contributed by atoms with Crippen molar-refractivity contribution in [1.29, 1.82) is 0 Å². The van der Waals surface area contributed by atoms with Crippen LogP contribution in [0, 0.1) is 11.8 Å². The number of hydrogen-bond acceptors (Lipinski definition) is 6. The smallest absolute Gasteiger partial charge is 0.225 e. The van der Waals surface area contributed by atoms with Crippen molar-refractivity contribution in [3.63, 3.8) is 0 Å². The Labute approximate surface area is 183 Å². The number of hydrogen-bond donors (Lipinski definition) is 0. The highest BCUT2D eigenvalue weighted by Gasteiger charge is 2.41. The average Bonchev–Trinajstić information content (AvgIpc) is 3.01. The van der Waals surface area contributed by atoms with E-state index in [1.54, 1.807) is 0 Å². The van der Waals surface area contributed by atoms with E-state index < -0.39 is 0 Å². The average molecular weight is 415 g/mol. The third kappa shape index (κ3) is 4.75. The predicted molar refractivity (Wildman–Crippen MR) is 125 cm³/mol. The van der Waals surface area contributed by atoms with Crippen LogP contribution >= 0.6 is 0 Å². The van der Waals surface area contributed by atoms with E-state index in [4.69, 9.17) is 9.97 Å². The Kier molecular flexibility index (Phi) is 6.83. The number of nitrogens with zero attached hydrogens (tertiary/aromatic N) is 6. The minimum Gasteiger partial charge on any atom is -0.366 e. The summed E-state index contributed by atoms with van der Waals surface area (Å²) in [6, 6.07) is 1.79. The SMILES string of the molecule is CC(C)C(C)CCN1CCN(c2cnc(N3C4CCC3CN(C(C)C)C4)nc2)CC1. The summed E-state index contributed by atoms with van der Waals surface area (Å²) in [5, 5.41) is 0. The lowest BCUT2D eigenvalue weighted by Gasteiger charge is -2.43. The predicted octanol–water partition coefficient (Wildman–Crippen LogP) is 3.34. The van der Waals surface area contributed by atoms with Crippen LogP contribution < -0.4 is 9.80 Å². The first-order valence-corrected chi connectivity index (χ1v) is 12.2. The Morgan fingerprint density at radius 3 is 2.03 bits per heavy atom. The lowest BCUT2D eigenvalue weighted by Crippen LogP contribution is -2.56. The molecule has 0 saturated carbocycles. The van der Waals surface area contributed by atoms with Gasteiger partial charge in [0.15, 0.2) is 0 Å². The normalized spacial score (nSPS) is 26.8. The van der Waals surface area contributed by atoms with Gasteiger partial charge in [0.2, 0.25) is 5.95 Å². The monoisotopic (exact) mass is 414 g/mol. The molecule has 3 unspecified atom stereocenters. The summed E-state index contributed by atoms with van der Waals surface area (Å²) in [7, 11) is 0. The van der Waals surface area contributed by atoms with Gasteiger partial charge in [0.1, 0.15) is 0 Å². The summed E-state index contributed by atoms with van der Waals surface area (Å²) >= 11 is 0. The fourth-order valence-corrected chi connectivity index (χ4v) is 5.24. The fourth-order valence-electron chi connectivity index (χ4n) is 5.24. The quantitative estimate of drug-likeness (QED) is 0.681. The number of piperazine rings is 2. The van der Waals surface area contributed by atoms with E-state index in [0.29, 0.717) is 18.1 Å². The molecule has 1 aromatic heterocycles. The van der Waals surface area contributed by atoms with Gasteiger partial charge >= 0.3 is 0 Å². The van der Waals surface area contributed by atoms with Crippen molar-refractivity contribution in [3.8, 4) is 0 Å². The molecule has 1 aromatic rings. The van der Waals surface area contributed by atoms with Crippen molar-refractivity contribution in [2.24, 2.45) is 11.8 Å². The topological polar surface area (TPSA) is 38.7 Å². The molecule has 30 heavy (non-hydrogen) atoms. The lowest BCUT2D eigenvalue weighted by molar-refractivity contribution is 0.176. The molecule has 3 atom stereocenters. The first kappa shape index (κ1) is 21.8. The standard InChI is InChI=1S/C24H42N6/c1-18(2)20(5)8-9-27-10-12-28(13-11-27)23-14-25-24(26-15-23)30-21-6-7-22(30)17-29(16-21)19(3)4/h14-15,18-22H,6-13,16-17H2,1-5H3. The van der Waals surface area contributed by atoms with Crippen molar-refractivity contribution < 1.29 is 0 Å². The van der Waals surface area contributed by atoms with Crippen LogP contribution in [0.2, 0.25) is 0 Å². The van der Waals surface area contributed by atoms with E-state index in [2.05, 4.69) is 66.6 Å². The number of likely N-dealkylation sites (tertiary alicyclic amines) is 1. The molecule has 168 valence electrons. The zero-order valence-electron chi connectivity index (χ0n) is 19.8. The first-order valence-electron chi connectivity index (χ1n) is 12.2. The van der Waals surface area contributed by atoms with Gasteiger partial charge in [-0.25, -0.2) is 9.97 Å². The Morgan fingerprint density at radius 2 is 1.50 bits per heavy atom. The zero-order valence-corrected chi connectivity index (χ0v) is 19.8. The fraction of sp³-hybridized carbons (Fsp3) is 0.833. The second-order valence-electron chi connectivity index (χ2n) is 10.4. The molecular formula is C24H42N6. The molecule has 3 saturated heterocycles. The molecule has 0 N–H and O–H groups in total. The molecule has 2 bridgehead atoms. The molecular weight excluding hydrogens is 372 g/mol. The highest BCUT2D eigenvalue weighted by molar-refractivity contribution is 5.47. The summed E-state index contributed by atoms with van der Waals surface area (Å²) in [6.07, 6.45) is 7.98. The zero-order chi connectivity index (χ0) is 21.3. The van der Waals surface area contributed by atoms with Crippen LogP contribution in [0.5, 0.6) is 0 Å². The maximum absolute atomic E-state index is 4.83. The maximum atomic E-state index is 4.83. The van der Waals surface area contributed by atoms with Crippen molar-refractivity contribution >= 4 is 11.6 Å². The molecule has 0 spiro atoms. The molecule has 0 aliphatic carbocycles. The van der Waals surface area contributed by atoms with E-state index in [9.17, 15) is 0 Å². The summed E-state index contributed by atoms with van der Waals surface area (Å²) in [5.74, 6) is 2.53. The van der Waals surface area contributed by atoms with E-state index in [-0.39, 0.29) is 0 Å². The molecule has 6 nitrogen and oxygen atoms in total. The van der Waals surface area contributed by atoms with E-state index in [0.717, 1.165) is 57.1 Å². The van der Waals surface area contributed by atoms with Gasteiger partial charge in [0.25, 0.3) is 0 Å². The molecule has 0 aromatic carbocycles. The highest BCUT2D eigenvalue weighted by atomic mass is 15.4. The van der Waals surface area contributed by atoms with Crippen LogP contribution in [-0.2, 0) is 0 Å². The van der Waals surface area contributed by atoms with Crippen molar-refractivity contribution in [2.45, 2.75) is 72.0 Å². The van der Waals surface area contributed by atoms with Gasteiger partial charge in [-0.1, -0.05) is 20.8 Å². The Bertz CT molecular complexity index is 653. The summed E-state index contributed by atoms with van der Waals surface area (Å²) in [6.45, 7) is 19.7. The van der Waals surface area contributed by atoms with Gasteiger partial charge in [0, 0.05) is 57.4 Å². The minimum atomic E-state index is 0.578. The summed E-state index contributed by atoms with van der Waals surface area (Å²) in [4.78, 5) is 19.9. The first-order chi connectivity index (χ1) is 14.4. The van der Waals surface area contributed by atoms with Crippen molar-refractivity contribution in [2.75, 3.05) is 55.6 Å². The number of anilines is 2. The third-order valence-electron chi connectivity index (χ3n) is 7.87. The molecule has 0 amide bonds. The molecule has 3 aliphatic heterocycles. The highest BCUT2D eigenvalue weighted by Crippen LogP contribution is 2.34. The number of fused-ring (bicyclic) bond motifs is 2. The Balaban J connectivity index is 1.30. The lowest BCUT2D eigenvalue weighted by atomic mass is 9.94. The molecule has 4 heterocycles. The van der Waals surface area contributed by atoms with Crippen LogP contribution in [0.3, 0.4) is 0 Å². The summed E-state index contributed by atoms with van der Waals surface area (Å²) in [5.41, 5.74) is 1.18. The Morgan fingerprint density at radius 1 is 0.900 bits per heavy atom. The van der Waals surface area contributed by atoms with E-state index in [1.807, 2.05) is 0 Å². The van der Waals surface area contributed by atoms with Gasteiger partial charge in [-0.3, -0.25) is 9.80 Å². The maximum Gasteiger partial charge on any atom is 0.225 e. The van der Waals surface area contributed by atoms with E-state index in [1.165, 1.54) is 31.5 Å². The number of rotatable bonds is 7. The van der Waals surface area contributed by atoms with Crippen LogP contribution in [0.4, 0.5) is 11.6 Å². The molecule has 3 aliphatic rings. The van der Waals surface area contributed by atoms with Gasteiger partial charge in [0.05, 0.1) is 18.1 Å². The second kappa shape index (κ2) is 9.39. The molecule has 3 fully saturated rings. The van der Waals surface area contributed by atoms with Gasteiger partial charge in [-0.05, 0) is 51.5 Å². The summed E-state index contributed by atoms with van der Waals surface area (Å²) < 4.78 is 0. The van der Waals surface area contributed by atoms with Crippen LogP contribution in [-0.4, -0.2) is 83.7 Å². The van der Waals surface area contributed by atoms with Crippen LogP contribution in [0.25, 0.3) is 0 Å². The van der Waals surface area contributed by atoms with Crippen LogP contribution in [0.15, 0.2) is 12.4 Å². The van der Waals surface area contributed by atoms with Crippen molar-refractivity contribution in [1.82, 2.24) is 19.8 Å². The minimum absolute atomic E-state index is 0.578.